The molecule has 17 heavy (non-hydrogen) atoms. The summed E-state index contributed by atoms with van der Waals surface area (Å²) >= 11 is 11.7. The Labute approximate surface area is 112 Å². The van der Waals surface area contributed by atoms with Crippen molar-refractivity contribution in [1.29, 1.82) is 0 Å². The molecule has 5 nitrogen and oxygen atoms in total. The quantitative estimate of drug-likeness (QED) is 0.492. The zero-order chi connectivity index (χ0) is 13.1. The van der Waals surface area contributed by atoms with Gasteiger partial charge in [0.25, 0.3) is 0 Å². The molecule has 0 aromatic heterocycles. The van der Waals surface area contributed by atoms with Crippen LogP contribution in [0, 0.1) is 0 Å². The van der Waals surface area contributed by atoms with Gasteiger partial charge in [0.1, 0.15) is 22.4 Å². The third kappa shape index (κ3) is 5.48. The minimum atomic E-state index is -4.29. The van der Waals surface area contributed by atoms with Crippen molar-refractivity contribution in [3.8, 4) is 5.75 Å². The summed E-state index contributed by atoms with van der Waals surface area (Å²) in [5, 5.41) is 0.532. The molecule has 0 aliphatic rings. The van der Waals surface area contributed by atoms with Crippen LogP contribution < -0.4 is 4.74 Å². The first kappa shape index (κ1) is 15.1. The SMILES string of the molecule is CC(OSP(=O)(O)O)Oc1cccc(Cl)c1Cl. The Morgan fingerprint density at radius 1 is 1.41 bits per heavy atom. The summed E-state index contributed by atoms with van der Waals surface area (Å²) in [4.78, 5) is 17.2. The number of hydrogen-bond donors (Lipinski definition) is 2. The summed E-state index contributed by atoms with van der Waals surface area (Å²) in [5.41, 5.74) is 0. The van der Waals surface area contributed by atoms with Crippen LogP contribution in [0.1, 0.15) is 6.92 Å². The van der Waals surface area contributed by atoms with Crippen LogP contribution in [0.15, 0.2) is 18.2 Å². The van der Waals surface area contributed by atoms with Gasteiger partial charge in [-0.05, 0) is 19.1 Å². The fraction of sp³-hybridized carbons (Fsp3) is 0.250. The Balaban J connectivity index is 2.59. The fourth-order valence-electron chi connectivity index (χ4n) is 0.890. The van der Waals surface area contributed by atoms with Crippen molar-refractivity contribution in [2.45, 2.75) is 13.2 Å². The number of halogens is 2. The lowest BCUT2D eigenvalue weighted by molar-refractivity contribution is 0.0415. The zero-order valence-electron chi connectivity index (χ0n) is 8.54. The van der Waals surface area contributed by atoms with Gasteiger partial charge in [0, 0.05) is 0 Å². The van der Waals surface area contributed by atoms with E-state index in [0.29, 0.717) is 5.02 Å². The monoisotopic (exact) mass is 318 g/mol. The lowest BCUT2D eigenvalue weighted by Crippen LogP contribution is -2.12. The van der Waals surface area contributed by atoms with Crippen molar-refractivity contribution >= 4 is 41.7 Å². The normalized spacial score (nSPS) is 13.5. The number of hydrogen-bond acceptors (Lipinski definition) is 4. The first-order valence-corrected chi connectivity index (χ1v) is 8.02. The minimum Gasteiger partial charge on any atom is -0.463 e. The van der Waals surface area contributed by atoms with Gasteiger partial charge in [-0.1, -0.05) is 29.3 Å². The maximum Gasteiger partial charge on any atom is 0.410 e. The van der Waals surface area contributed by atoms with Crippen LogP contribution in [0.5, 0.6) is 5.75 Å². The molecule has 1 atom stereocenters. The van der Waals surface area contributed by atoms with Crippen molar-refractivity contribution < 1.29 is 23.3 Å². The Hall–Kier alpha value is 0.0600. The van der Waals surface area contributed by atoms with Crippen LogP contribution in [0.3, 0.4) is 0 Å². The lowest BCUT2D eigenvalue weighted by Gasteiger charge is -2.15. The molecular formula is C8H9Cl2O5PS. The summed E-state index contributed by atoms with van der Waals surface area (Å²) < 4.78 is 20.5. The molecule has 0 fully saturated rings. The van der Waals surface area contributed by atoms with Gasteiger partial charge in [0.05, 0.1) is 5.02 Å². The van der Waals surface area contributed by atoms with Gasteiger partial charge >= 0.3 is 6.80 Å². The second-order valence-corrected chi connectivity index (χ2v) is 6.88. The van der Waals surface area contributed by atoms with Crippen molar-refractivity contribution in [3.05, 3.63) is 28.2 Å². The zero-order valence-corrected chi connectivity index (χ0v) is 11.8. The summed E-state index contributed by atoms with van der Waals surface area (Å²) in [6.45, 7) is -2.82. The van der Waals surface area contributed by atoms with Crippen molar-refractivity contribution in [3.63, 3.8) is 0 Å². The van der Waals surface area contributed by atoms with E-state index in [1.807, 2.05) is 0 Å². The Morgan fingerprint density at radius 3 is 2.65 bits per heavy atom. The largest absolute Gasteiger partial charge is 0.463 e. The average Bonchev–Trinajstić information content (AvgIpc) is 2.21. The molecule has 1 aromatic carbocycles. The van der Waals surface area contributed by atoms with Crippen LogP contribution in [0.25, 0.3) is 0 Å². The molecule has 1 unspecified atom stereocenters. The second-order valence-electron chi connectivity index (χ2n) is 2.90. The molecule has 0 aliphatic heterocycles. The highest BCUT2D eigenvalue weighted by Crippen LogP contribution is 2.51. The van der Waals surface area contributed by atoms with Gasteiger partial charge in [-0.3, -0.25) is 4.18 Å². The van der Waals surface area contributed by atoms with E-state index in [9.17, 15) is 4.57 Å². The fourth-order valence-corrected chi connectivity index (χ4v) is 2.20. The Bertz CT molecular complexity index is 438. The smallest absolute Gasteiger partial charge is 0.410 e. The van der Waals surface area contributed by atoms with Gasteiger partial charge in [-0.25, -0.2) is 4.57 Å². The standard InChI is InChI=1S/C8H9Cl2O5PS/c1-5(15-17-16(11,12)13)14-7-4-2-3-6(9)8(7)10/h2-5H,1H3,(H2,11,12,13). The third-order valence-electron chi connectivity index (χ3n) is 1.48. The molecule has 2 N–H and O–H groups in total. The molecule has 0 radical (unpaired) electrons. The van der Waals surface area contributed by atoms with Crippen LogP contribution in [-0.2, 0) is 8.75 Å². The maximum absolute atomic E-state index is 10.5. The molecule has 0 heterocycles. The second kappa shape index (κ2) is 6.29. The van der Waals surface area contributed by atoms with Crippen LogP contribution in [0.4, 0.5) is 0 Å². The van der Waals surface area contributed by atoms with Gasteiger partial charge < -0.3 is 14.5 Å². The highest BCUT2D eigenvalue weighted by atomic mass is 35.5. The van der Waals surface area contributed by atoms with E-state index >= 15 is 0 Å². The van der Waals surface area contributed by atoms with E-state index in [-0.39, 0.29) is 22.4 Å². The molecule has 0 saturated heterocycles. The van der Waals surface area contributed by atoms with E-state index in [0.717, 1.165) is 0 Å². The third-order valence-corrected chi connectivity index (χ3v) is 3.68. The predicted octanol–water partition coefficient (Wildman–Crippen LogP) is 3.48. The molecule has 9 heteroatoms. The summed E-state index contributed by atoms with van der Waals surface area (Å²) in [6.07, 6.45) is -0.886. The average molecular weight is 319 g/mol. The van der Waals surface area contributed by atoms with Gasteiger partial charge in [-0.15, -0.1) is 0 Å². The molecule has 0 spiro atoms. The van der Waals surface area contributed by atoms with E-state index < -0.39 is 13.1 Å². The summed E-state index contributed by atoms with van der Waals surface area (Å²) in [7, 11) is 0. The highest BCUT2D eigenvalue weighted by molar-refractivity contribution is 8.52. The molecule has 1 aromatic rings. The van der Waals surface area contributed by atoms with Crippen molar-refractivity contribution in [2.75, 3.05) is 0 Å². The topological polar surface area (TPSA) is 76.0 Å². The molecule has 0 bridgehead atoms. The van der Waals surface area contributed by atoms with Crippen LogP contribution >= 0.6 is 41.7 Å². The predicted molar refractivity (Wildman–Crippen MR) is 67.3 cm³/mol. The Kier molecular flexibility index (Phi) is 5.60. The first-order valence-electron chi connectivity index (χ1n) is 4.31. The van der Waals surface area contributed by atoms with E-state index in [4.69, 9.17) is 41.9 Å². The van der Waals surface area contributed by atoms with E-state index in [1.54, 1.807) is 18.2 Å². The van der Waals surface area contributed by atoms with Gasteiger partial charge in [-0.2, -0.15) is 0 Å². The maximum atomic E-state index is 10.5. The van der Waals surface area contributed by atoms with Gasteiger partial charge in [0.15, 0.2) is 0 Å². The Morgan fingerprint density at radius 2 is 2.06 bits per heavy atom. The van der Waals surface area contributed by atoms with E-state index in [1.165, 1.54) is 6.92 Å². The molecule has 0 amide bonds. The van der Waals surface area contributed by atoms with Crippen LogP contribution in [-0.4, -0.2) is 16.1 Å². The number of ether oxygens (including phenoxy) is 1. The first-order chi connectivity index (χ1) is 7.79. The van der Waals surface area contributed by atoms with Crippen molar-refractivity contribution in [1.82, 2.24) is 0 Å². The van der Waals surface area contributed by atoms with Crippen molar-refractivity contribution in [2.24, 2.45) is 0 Å². The lowest BCUT2D eigenvalue weighted by atomic mass is 10.3. The van der Waals surface area contributed by atoms with Gasteiger partial charge in [0.2, 0.25) is 6.29 Å². The molecular weight excluding hydrogens is 310 g/mol. The van der Waals surface area contributed by atoms with Crippen LogP contribution in [0.2, 0.25) is 10.0 Å². The summed E-state index contributed by atoms with van der Waals surface area (Å²) in [6, 6.07) is 4.79. The molecule has 1 rings (SSSR count). The number of benzene rings is 1. The number of rotatable bonds is 5. The molecule has 96 valence electrons. The molecule has 0 aliphatic carbocycles. The summed E-state index contributed by atoms with van der Waals surface area (Å²) in [5.74, 6) is 0.276. The minimum absolute atomic E-state index is 0.0366. The van der Waals surface area contributed by atoms with E-state index in [2.05, 4.69) is 0 Å². The highest BCUT2D eigenvalue weighted by Gasteiger charge is 2.19. The molecule has 0 saturated carbocycles.